The average Bonchev–Trinajstić information content (AvgIpc) is 1.80. The van der Waals surface area contributed by atoms with E-state index in [1.54, 1.807) is 0 Å². The molecule has 0 spiro atoms. The van der Waals surface area contributed by atoms with Gasteiger partial charge in [0.2, 0.25) is 0 Å². The molecule has 0 bridgehead atoms. The number of rotatable bonds is 0. The van der Waals surface area contributed by atoms with Crippen molar-refractivity contribution in [3.8, 4) is 0 Å². The molecule has 0 heterocycles. The van der Waals surface area contributed by atoms with Crippen molar-refractivity contribution in [1.82, 2.24) is 0 Å². The van der Waals surface area contributed by atoms with Gasteiger partial charge in [0.1, 0.15) is 0 Å². The predicted molar refractivity (Wildman–Crippen MR) is 35.8 cm³/mol. The van der Waals surface area contributed by atoms with E-state index in [9.17, 15) is 34.8 Å². The molecule has 16 heavy (non-hydrogen) atoms. The molecule has 0 aliphatic carbocycles. The molecular formula is C2ClF6KO4S2. The summed E-state index contributed by atoms with van der Waals surface area (Å²) in [6.07, 6.45) is 0. The number of hydrogen-bond acceptors (Lipinski definition) is 4. The van der Waals surface area contributed by atoms with E-state index < -0.39 is 31.1 Å². The Labute approximate surface area is 135 Å². The smallest absolute Gasteiger partial charge is 0.766 e. The minimum atomic E-state index is -5.37. The van der Waals surface area contributed by atoms with Crippen LogP contribution in [0.25, 0.3) is 0 Å². The van der Waals surface area contributed by atoms with E-state index in [-0.39, 0.29) is 51.4 Å². The molecule has 1 atom stereocenters. The Morgan fingerprint density at radius 3 is 1.19 bits per heavy atom. The monoisotopic (exact) mass is 340 g/mol. The normalized spacial score (nSPS) is 14.2. The summed E-state index contributed by atoms with van der Waals surface area (Å²) >= 11 is -3.93. The molecule has 14 heteroatoms. The molecule has 0 fully saturated rings. The van der Waals surface area contributed by atoms with Crippen molar-refractivity contribution in [1.29, 1.82) is 0 Å². The van der Waals surface area contributed by atoms with Crippen molar-refractivity contribution in [3.63, 3.8) is 0 Å². The molecule has 0 N–H and O–H groups in total. The fourth-order valence-corrected chi connectivity index (χ4v) is 0. The zero-order valence-corrected chi connectivity index (χ0v) is 12.6. The van der Waals surface area contributed by atoms with Crippen LogP contribution in [0.15, 0.2) is 0 Å². The standard InChI is InChI=1S/CClF3O2S.CHF3O2S.K/c2-8(6,7)1(3,4)5;2-1(3,4)7(5)6;/h;(H,5,6);/q;;+1/p-1. The molecule has 0 aliphatic heterocycles. The van der Waals surface area contributed by atoms with Crippen molar-refractivity contribution >= 4 is 30.8 Å². The SMILES string of the molecule is O=S(=O)(Cl)C(F)(F)F.O=S([O-])C(F)(F)F.[K+]. The van der Waals surface area contributed by atoms with Crippen molar-refractivity contribution in [2.24, 2.45) is 0 Å². The van der Waals surface area contributed by atoms with Crippen LogP contribution < -0.4 is 51.4 Å². The van der Waals surface area contributed by atoms with Gasteiger partial charge >= 0.3 is 71.5 Å². The Kier molecular flexibility index (Phi) is 11.2. The van der Waals surface area contributed by atoms with Gasteiger partial charge in [-0.3, -0.25) is 4.21 Å². The quantitative estimate of drug-likeness (QED) is 0.232. The molecule has 0 radical (unpaired) electrons. The Morgan fingerprint density at radius 1 is 1.06 bits per heavy atom. The zero-order valence-electron chi connectivity index (χ0n) is 7.10. The molecule has 0 aromatic heterocycles. The third-order valence-electron chi connectivity index (χ3n) is 0.465. The Morgan fingerprint density at radius 2 is 1.19 bits per heavy atom. The van der Waals surface area contributed by atoms with Crippen LogP contribution in [-0.2, 0) is 20.1 Å². The second kappa shape index (κ2) is 7.88. The van der Waals surface area contributed by atoms with Crippen molar-refractivity contribution in [2.45, 2.75) is 11.0 Å². The molecule has 4 nitrogen and oxygen atoms in total. The molecule has 0 saturated heterocycles. The fourth-order valence-electron chi connectivity index (χ4n) is 0. The summed E-state index contributed by atoms with van der Waals surface area (Å²) in [5.41, 5.74) is -10.4. The maximum Gasteiger partial charge on any atom is 1.00 e. The molecule has 94 valence electrons. The van der Waals surface area contributed by atoms with Gasteiger partial charge < -0.3 is 4.55 Å². The number of halogens is 7. The molecule has 1 unspecified atom stereocenters. The second-order valence-corrected chi connectivity index (χ2v) is 5.05. The van der Waals surface area contributed by atoms with Crippen molar-refractivity contribution in [2.75, 3.05) is 0 Å². The van der Waals surface area contributed by atoms with Gasteiger partial charge in [-0.2, -0.15) is 26.3 Å². The Balaban J connectivity index is -0.000000200. The first-order chi connectivity index (χ1) is 6.19. The summed E-state index contributed by atoms with van der Waals surface area (Å²) in [5, 5.41) is 0. The molecule has 0 aromatic carbocycles. The van der Waals surface area contributed by atoms with Gasteiger partial charge in [-0.05, 0) is 0 Å². The van der Waals surface area contributed by atoms with Gasteiger partial charge in [-0.1, -0.05) is 0 Å². The largest absolute Gasteiger partial charge is 1.00 e. The van der Waals surface area contributed by atoms with Crippen LogP contribution in [0.1, 0.15) is 0 Å². The summed E-state index contributed by atoms with van der Waals surface area (Å²) < 4.78 is 101. The van der Waals surface area contributed by atoms with Crippen LogP contribution in [0, 0.1) is 0 Å². The van der Waals surface area contributed by atoms with E-state index in [2.05, 4.69) is 10.7 Å². The molecule has 0 amide bonds. The van der Waals surface area contributed by atoms with Gasteiger partial charge in [0.15, 0.2) is 0 Å². The predicted octanol–water partition coefficient (Wildman–Crippen LogP) is -1.54. The number of alkyl halides is 6. The van der Waals surface area contributed by atoms with E-state index in [1.165, 1.54) is 0 Å². The van der Waals surface area contributed by atoms with Crippen molar-refractivity contribution in [3.05, 3.63) is 0 Å². The van der Waals surface area contributed by atoms with Gasteiger partial charge in [0.25, 0.3) is 0 Å². The van der Waals surface area contributed by atoms with E-state index in [0.29, 0.717) is 0 Å². The molecule has 0 aliphatic rings. The second-order valence-electron chi connectivity index (χ2n) is 1.56. The first kappa shape index (κ1) is 22.7. The zero-order chi connectivity index (χ0) is 13.1. The molecule has 0 rings (SSSR count). The average molecular weight is 341 g/mol. The fraction of sp³-hybridized carbons (Fsp3) is 1.00. The van der Waals surface area contributed by atoms with Gasteiger partial charge in [0.05, 0.1) is 11.1 Å². The third kappa shape index (κ3) is 12.0. The first-order valence-corrected chi connectivity index (χ1v) is 5.75. The van der Waals surface area contributed by atoms with Crippen LogP contribution in [-0.4, -0.2) is 28.2 Å². The van der Waals surface area contributed by atoms with E-state index in [0.717, 1.165) is 0 Å². The molecule has 0 saturated carbocycles. The Hall–Kier alpha value is 1.57. The maximum atomic E-state index is 10.8. The van der Waals surface area contributed by atoms with Gasteiger partial charge in [0, 0.05) is 10.7 Å². The summed E-state index contributed by atoms with van der Waals surface area (Å²) in [7, 11) is -1.51. The summed E-state index contributed by atoms with van der Waals surface area (Å²) in [5.74, 6) is 0. The minimum absolute atomic E-state index is 0. The van der Waals surface area contributed by atoms with Crippen LogP contribution in [0.2, 0.25) is 0 Å². The number of hydrogen-bond donors (Lipinski definition) is 0. The summed E-state index contributed by atoms with van der Waals surface area (Å²) in [6.45, 7) is 0. The molecule has 0 aromatic rings. The molecular weight excluding hydrogens is 341 g/mol. The van der Waals surface area contributed by atoms with Crippen LogP contribution >= 0.6 is 10.7 Å². The first-order valence-electron chi connectivity index (χ1n) is 2.36. The van der Waals surface area contributed by atoms with E-state index >= 15 is 0 Å². The van der Waals surface area contributed by atoms with Crippen LogP contribution in [0.5, 0.6) is 0 Å². The minimum Gasteiger partial charge on any atom is -0.766 e. The maximum absolute atomic E-state index is 10.8. The Bertz CT molecular complexity index is 320. The summed E-state index contributed by atoms with van der Waals surface area (Å²) in [4.78, 5) is 0. The van der Waals surface area contributed by atoms with E-state index in [4.69, 9.17) is 8.76 Å². The topological polar surface area (TPSA) is 74.3 Å². The summed E-state index contributed by atoms with van der Waals surface area (Å²) in [6, 6.07) is 0. The van der Waals surface area contributed by atoms with Crippen LogP contribution in [0.3, 0.4) is 0 Å². The van der Waals surface area contributed by atoms with E-state index in [1.807, 2.05) is 0 Å². The van der Waals surface area contributed by atoms with Crippen molar-refractivity contribution < 1.29 is 94.9 Å². The van der Waals surface area contributed by atoms with Gasteiger partial charge in [-0.15, -0.1) is 0 Å². The van der Waals surface area contributed by atoms with Crippen LogP contribution in [0.4, 0.5) is 26.3 Å². The van der Waals surface area contributed by atoms with Gasteiger partial charge in [-0.25, -0.2) is 8.42 Å². The third-order valence-corrected chi connectivity index (χ3v) is 1.92.